The van der Waals surface area contributed by atoms with E-state index >= 15 is 0 Å². The first-order valence-electron chi connectivity index (χ1n) is 10.4. The highest BCUT2D eigenvalue weighted by Gasteiger charge is 2.33. The number of carbonyl (C=O) groups excluding carboxylic acids is 2. The summed E-state index contributed by atoms with van der Waals surface area (Å²) in [4.78, 5) is 50.3. The number of thiophene rings is 1. The van der Waals surface area contributed by atoms with Crippen molar-refractivity contribution in [1.82, 2.24) is 30.0 Å². The zero-order valence-corrected chi connectivity index (χ0v) is 17.7. The fourth-order valence-electron chi connectivity index (χ4n) is 4.32. The summed E-state index contributed by atoms with van der Waals surface area (Å²) in [6.45, 7) is 1.36. The van der Waals surface area contributed by atoms with Crippen LogP contribution in [0.1, 0.15) is 62.5 Å². The number of likely N-dealkylation sites (tertiary alicyclic amines) is 1. The number of hydrogen-bond donors (Lipinski definition) is 2. The number of hydrogen-bond acceptors (Lipinski definition) is 6. The lowest BCUT2D eigenvalue weighted by Crippen LogP contribution is -2.42. The Bertz CT molecular complexity index is 1150. The molecule has 5 rings (SSSR count). The summed E-state index contributed by atoms with van der Waals surface area (Å²) in [6.07, 6.45) is 4.68. The van der Waals surface area contributed by atoms with Gasteiger partial charge in [0.15, 0.2) is 0 Å². The fraction of sp³-hybridized carbons (Fsp3) is 0.381. The minimum absolute atomic E-state index is 0.0623. The van der Waals surface area contributed by atoms with E-state index in [1.54, 1.807) is 28.1 Å². The molecule has 160 valence electrons. The molecule has 0 aliphatic carbocycles. The van der Waals surface area contributed by atoms with E-state index in [9.17, 15) is 14.4 Å². The predicted molar refractivity (Wildman–Crippen MR) is 114 cm³/mol. The molecule has 9 nitrogen and oxygen atoms in total. The molecule has 3 aromatic rings. The Morgan fingerprint density at radius 1 is 1.16 bits per heavy atom. The molecule has 2 aliphatic rings. The van der Waals surface area contributed by atoms with Gasteiger partial charge >= 0.3 is 0 Å². The third-order valence-corrected chi connectivity index (χ3v) is 6.77. The SMILES string of the molecule is O=C(c1cccs1)N1CCc2nc([C@@H]3CCCCN3C(=O)c3ccn[nH]3)[nH]c(=O)c2C1. The van der Waals surface area contributed by atoms with Crippen molar-refractivity contribution in [2.45, 2.75) is 38.3 Å². The van der Waals surface area contributed by atoms with Crippen LogP contribution in [0.4, 0.5) is 0 Å². The summed E-state index contributed by atoms with van der Waals surface area (Å²) in [6, 6.07) is 5.00. The monoisotopic (exact) mass is 438 g/mol. The Morgan fingerprint density at radius 3 is 2.84 bits per heavy atom. The smallest absolute Gasteiger partial charge is 0.272 e. The largest absolute Gasteiger partial charge is 0.333 e. The molecule has 5 heterocycles. The maximum atomic E-state index is 12.9. The van der Waals surface area contributed by atoms with Crippen LogP contribution in [0.3, 0.4) is 0 Å². The van der Waals surface area contributed by atoms with Crippen LogP contribution in [-0.2, 0) is 13.0 Å². The van der Waals surface area contributed by atoms with Gasteiger partial charge in [0, 0.05) is 25.7 Å². The van der Waals surface area contributed by atoms with Gasteiger partial charge in [-0.05, 0) is 36.8 Å². The lowest BCUT2D eigenvalue weighted by Gasteiger charge is -2.35. The van der Waals surface area contributed by atoms with Crippen molar-refractivity contribution in [2.75, 3.05) is 13.1 Å². The molecule has 3 aromatic heterocycles. The highest BCUT2D eigenvalue weighted by atomic mass is 32.1. The molecule has 31 heavy (non-hydrogen) atoms. The van der Waals surface area contributed by atoms with Crippen LogP contribution in [0.15, 0.2) is 34.6 Å². The van der Waals surface area contributed by atoms with Gasteiger partial charge in [0.1, 0.15) is 11.5 Å². The molecule has 1 saturated heterocycles. The zero-order valence-electron chi connectivity index (χ0n) is 16.8. The van der Waals surface area contributed by atoms with Crippen molar-refractivity contribution < 1.29 is 9.59 Å². The van der Waals surface area contributed by atoms with Gasteiger partial charge in [0.05, 0.1) is 28.7 Å². The fourth-order valence-corrected chi connectivity index (χ4v) is 5.01. The van der Waals surface area contributed by atoms with Crippen molar-refractivity contribution in [3.8, 4) is 0 Å². The average molecular weight is 439 g/mol. The van der Waals surface area contributed by atoms with Crippen molar-refractivity contribution in [3.63, 3.8) is 0 Å². The molecule has 0 unspecified atom stereocenters. The van der Waals surface area contributed by atoms with E-state index in [-0.39, 0.29) is 30.0 Å². The van der Waals surface area contributed by atoms with Gasteiger partial charge in [-0.2, -0.15) is 5.10 Å². The molecule has 0 aromatic carbocycles. The first-order chi connectivity index (χ1) is 15.1. The van der Waals surface area contributed by atoms with Crippen LogP contribution in [-0.4, -0.2) is 54.9 Å². The molecule has 0 radical (unpaired) electrons. The van der Waals surface area contributed by atoms with Crippen molar-refractivity contribution in [2.24, 2.45) is 0 Å². The van der Waals surface area contributed by atoms with Crippen LogP contribution >= 0.6 is 11.3 Å². The molecule has 10 heteroatoms. The van der Waals surface area contributed by atoms with E-state index in [1.165, 1.54) is 11.3 Å². The number of H-pyrrole nitrogens is 2. The summed E-state index contributed by atoms with van der Waals surface area (Å²) in [7, 11) is 0. The Morgan fingerprint density at radius 2 is 2.06 bits per heavy atom. The Kier molecular flexibility index (Phi) is 5.14. The molecule has 0 saturated carbocycles. The third-order valence-electron chi connectivity index (χ3n) is 5.92. The number of amides is 2. The first kappa shape index (κ1) is 19.7. The van der Waals surface area contributed by atoms with Gasteiger partial charge < -0.3 is 14.8 Å². The molecule has 2 amide bonds. The molecule has 0 spiro atoms. The number of carbonyl (C=O) groups is 2. The maximum Gasteiger partial charge on any atom is 0.272 e. The van der Waals surface area contributed by atoms with E-state index in [0.29, 0.717) is 47.2 Å². The summed E-state index contributed by atoms with van der Waals surface area (Å²) < 4.78 is 0. The van der Waals surface area contributed by atoms with Crippen LogP contribution in [0.25, 0.3) is 0 Å². The summed E-state index contributed by atoms with van der Waals surface area (Å²) in [5.74, 6) is 0.317. The minimum atomic E-state index is -0.284. The van der Waals surface area contributed by atoms with Gasteiger partial charge in [-0.15, -0.1) is 11.3 Å². The summed E-state index contributed by atoms with van der Waals surface area (Å²) in [5.41, 5.74) is 1.44. The maximum absolute atomic E-state index is 12.9. The van der Waals surface area contributed by atoms with Gasteiger partial charge in [-0.3, -0.25) is 19.5 Å². The first-order valence-corrected chi connectivity index (χ1v) is 11.2. The zero-order chi connectivity index (χ0) is 21.4. The van der Waals surface area contributed by atoms with Crippen molar-refractivity contribution in [1.29, 1.82) is 0 Å². The van der Waals surface area contributed by atoms with E-state index in [1.807, 2.05) is 11.4 Å². The predicted octanol–water partition coefficient (Wildman–Crippen LogP) is 2.12. The summed E-state index contributed by atoms with van der Waals surface area (Å²) in [5, 5.41) is 8.46. The number of rotatable bonds is 3. The van der Waals surface area contributed by atoms with Crippen LogP contribution in [0.2, 0.25) is 0 Å². The lowest BCUT2D eigenvalue weighted by molar-refractivity contribution is 0.0591. The highest BCUT2D eigenvalue weighted by Crippen LogP contribution is 2.30. The molecule has 1 fully saturated rings. The Hall–Kier alpha value is -3.27. The quantitative estimate of drug-likeness (QED) is 0.650. The number of aromatic amines is 2. The van der Waals surface area contributed by atoms with Gasteiger partial charge in [0.25, 0.3) is 17.4 Å². The summed E-state index contributed by atoms with van der Waals surface area (Å²) >= 11 is 1.40. The van der Waals surface area contributed by atoms with Gasteiger partial charge in [-0.1, -0.05) is 6.07 Å². The minimum Gasteiger partial charge on any atom is -0.333 e. The standard InChI is InChI=1S/C21H22N6O3S/c28-19-13-12-26(21(30)17-5-3-11-31-17)10-7-14(13)23-18(24-19)16-4-1-2-9-27(16)20(29)15-6-8-22-25-15/h3,5-6,8,11,16H,1-2,4,7,9-10,12H2,(H,22,25)(H,23,24,28)/t16-/m0/s1. The molecule has 2 N–H and O–H groups in total. The van der Waals surface area contributed by atoms with E-state index in [0.717, 1.165) is 19.3 Å². The number of nitrogens with one attached hydrogen (secondary N) is 2. The average Bonchev–Trinajstić information content (AvgIpc) is 3.52. The number of piperidine rings is 1. The van der Waals surface area contributed by atoms with Gasteiger partial charge in [-0.25, -0.2) is 4.98 Å². The number of fused-ring (bicyclic) bond motifs is 1. The highest BCUT2D eigenvalue weighted by molar-refractivity contribution is 7.12. The van der Waals surface area contributed by atoms with Crippen molar-refractivity contribution in [3.05, 3.63) is 67.8 Å². The molecular formula is C21H22N6O3S. The number of nitrogens with zero attached hydrogens (tertiary/aromatic N) is 4. The van der Waals surface area contributed by atoms with E-state index in [2.05, 4.69) is 15.2 Å². The van der Waals surface area contributed by atoms with Crippen molar-refractivity contribution >= 4 is 23.2 Å². The number of aromatic nitrogens is 4. The van der Waals surface area contributed by atoms with E-state index < -0.39 is 0 Å². The Balaban J connectivity index is 1.41. The molecule has 1 atom stereocenters. The third kappa shape index (κ3) is 3.67. The second-order valence-corrected chi connectivity index (χ2v) is 8.76. The molecule has 2 aliphatic heterocycles. The lowest BCUT2D eigenvalue weighted by atomic mass is 9.99. The van der Waals surface area contributed by atoms with Crippen LogP contribution < -0.4 is 5.56 Å². The topological polar surface area (TPSA) is 115 Å². The second-order valence-electron chi connectivity index (χ2n) is 7.81. The molecular weight excluding hydrogens is 416 g/mol. The van der Waals surface area contributed by atoms with Crippen LogP contribution in [0, 0.1) is 0 Å². The normalized spacial score (nSPS) is 18.6. The Labute approximate surface area is 182 Å². The van der Waals surface area contributed by atoms with E-state index in [4.69, 9.17) is 4.98 Å². The van der Waals surface area contributed by atoms with Gasteiger partial charge in [0.2, 0.25) is 0 Å². The second kappa shape index (κ2) is 8.10. The van der Waals surface area contributed by atoms with Crippen LogP contribution in [0.5, 0.6) is 0 Å². The molecule has 0 bridgehead atoms.